The molecule has 5 nitrogen and oxygen atoms in total. The van der Waals surface area contributed by atoms with Crippen LogP contribution in [0.1, 0.15) is 33.8 Å². The Morgan fingerprint density at radius 1 is 1.38 bits per heavy atom. The lowest BCUT2D eigenvalue weighted by Gasteiger charge is -2.09. The summed E-state index contributed by atoms with van der Waals surface area (Å²) < 4.78 is 1.90. The molecule has 1 saturated carbocycles. The predicted molar refractivity (Wildman–Crippen MR) is 105 cm³/mol. The number of hydrogen-bond donors (Lipinski definition) is 1. The van der Waals surface area contributed by atoms with Gasteiger partial charge in [-0.3, -0.25) is 4.79 Å². The molecule has 0 unspecified atom stereocenters. The number of nitrogens with zero attached hydrogens (tertiary/aromatic N) is 3. The molecule has 0 aliphatic heterocycles. The van der Waals surface area contributed by atoms with Crippen LogP contribution in [0.15, 0.2) is 30.5 Å². The van der Waals surface area contributed by atoms with E-state index in [0.717, 1.165) is 28.5 Å². The van der Waals surface area contributed by atoms with E-state index in [2.05, 4.69) is 15.4 Å². The van der Waals surface area contributed by atoms with Gasteiger partial charge in [0, 0.05) is 22.7 Å². The van der Waals surface area contributed by atoms with Gasteiger partial charge in [0.2, 0.25) is 0 Å². The van der Waals surface area contributed by atoms with Gasteiger partial charge in [-0.1, -0.05) is 23.7 Å². The van der Waals surface area contributed by atoms with E-state index in [-0.39, 0.29) is 5.91 Å². The first-order valence-electron chi connectivity index (χ1n) is 8.58. The molecule has 1 fully saturated rings. The van der Waals surface area contributed by atoms with Crippen LogP contribution in [0.3, 0.4) is 0 Å². The minimum Gasteiger partial charge on any atom is -0.306 e. The fraction of sp³-hybridized carbons (Fsp3) is 0.316. The fourth-order valence-electron chi connectivity index (χ4n) is 2.84. The van der Waals surface area contributed by atoms with E-state index < -0.39 is 0 Å². The average molecular weight is 387 g/mol. The molecule has 0 spiro atoms. The van der Waals surface area contributed by atoms with E-state index in [1.807, 2.05) is 42.8 Å². The van der Waals surface area contributed by atoms with Gasteiger partial charge in [0.15, 0.2) is 0 Å². The number of halogens is 1. The van der Waals surface area contributed by atoms with Crippen LogP contribution in [0.2, 0.25) is 5.02 Å². The minimum atomic E-state index is -0.145. The van der Waals surface area contributed by atoms with E-state index in [1.165, 1.54) is 24.2 Å². The molecular weight excluding hydrogens is 368 g/mol. The quantitative estimate of drug-likeness (QED) is 0.675. The summed E-state index contributed by atoms with van der Waals surface area (Å²) in [5.74, 6) is 1.32. The van der Waals surface area contributed by atoms with Crippen molar-refractivity contribution in [3.05, 3.63) is 51.6 Å². The number of benzene rings is 1. The zero-order valence-corrected chi connectivity index (χ0v) is 16.2. The highest BCUT2D eigenvalue weighted by atomic mass is 35.5. The molecule has 1 aromatic carbocycles. The Balaban J connectivity index is 1.58. The molecule has 7 heteroatoms. The molecule has 1 aliphatic rings. The number of thiazole rings is 1. The Hall–Kier alpha value is -2.18. The molecule has 2 heterocycles. The number of aryl methyl sites for hydroxylation is 2. The van der Waals surface area contributed by atoms with E-state index in [9.17, 15) is 4.79 Å². The second-order valence-corrected chi connectivity index (χ2v) is 8.14. The zero-order valence-electron chi connectivity index (χ0n) is 14.6. The third-order valence-corrected chi connectivity index (χ3v) is 5.90. The average Bonchev–Trinajstić information content (AvgIpc) is 3.25. The lowest BCUT2D eigenvalue weighted by Crippen LogP contribution is -2.17. The third kappa shape index (κ3) is 3.52. The van der Waals surface area contributed by atoms with E-state index in [1.54, 1.807) is 6.20 Å². The SMILES string of the molecule is Cc1cnn(CC2CC2)c1NC(=O)c1sc(-c2cccc(Cl)c2)nc1C. The Kier molecular flexibility index (Phi) is 4.54. The smallest absolute Gasteiger partial charge is 0.268 e. The minimum absolute atomic E-state index is 0.145. The highest BCUT2D eigenvalue weighted by Gasteiger charge is 2.25. The molecular formula is C19H19ClN4OS. The molecule has 134 valence electrons. The van der Waals surface area contributed by atoms with Gasteiger partial charge in [0.25, 0.3) is 5.91 Å². The topological polar surface area (TPSA) is 59.8 Å². The van der Waals surface area contributed by atoms with Gasteiger partial charge in [-0.25, -0.2) is 9.67 Å². The van der Waals surface area contributed by atoms with Gasteiger partial charge in [-0.15, -0.1) is 11.3 Å². The van der Waals surface area contributed by atoms with Crippen molar-refractivity contribution < 1.29 is 4.79 Å². The Morgan fingerprint density at radius 2 is 2.19 bits per heavy atom. The zero-order chi connectivity index (χ0) is 18.3. The first-order chi connectivity index (χ1) is 12.5. The number of amides is 1. The summed E-state index contributed by atoms with van der Waals surface area (Å²) in [6, 6.07) is 7.51. The van der Waals surface area contributed by atoms with Crippen molar-refractivity contribution in [2.24, 2.45) is 5.92 Å². The molecule has 0 atom stereocenters. The molecule has 1 N–H and O–H groups in total. The summed E-state index contributed by atoms with van der Waals surface area (Å²) in [5.41, 5.74) is 2.60. The van der Waals surface area contributed by atoms with E-state index >= 15 is 0 Å². The van der Waals surface area contributed by atoms with Crippen LogP contribution in [-0.4, -0.2) is 20.7 Å². The number of nitrogens with one attached hydrogen (secondary N) is 1. The van der Waals surface area contributed by atoms with Gasteiger partial charge in [0.1, 0.15) is 15.7 Å². The molecule has 1 aliphatic carbocycles. The molecule has 1 amide bonds. The van der Waals surface area contributed by atoms with E-state index in [4.69, 9.17) is 11.6 Å². The van der Waals surface area contributed by atoms with Gasteiger partial charge in [-0.05, 0) is 44.7 Å². The van der Waals surface area contributed by atoms with Crippen molar-refractivity contribution in [2.45, 2.75) is 33.2 Å². The molecule has 26 heavy (non-hydrogen) atoms. The number of carbonyl (C=O) groups is 1. The van der Waals surface area contributed by atoms with Crippen molar-refractivity contribution in [3.8, 4) is 10.6 Å². The number of carbonyl (C=O) groups excluding carboxylic acids is 1. The van der Waals surface area contributed by atoms with Crippen LogP contribution >= 0.6 is 22.9 Å². The lowest BCUT2D eigenvalue weighted by molar-refractivity contribution is 0.102. The summed E-state index contributed by atoms with van der Waals surface area (Å²) in [6.07, 6.45) is 4.28. The summed E-state index contributed by atoms with van der Waals surface area (Å²) in [5, 5.41) is 8.88. The number of aromatic nitrogens is 3. The Labute approximate surface area is 161 Å². The number of anilines is 1. The van der Waals surface area contributed by atoms with Gasteiger partial charge in [0.05, 0.1) is 11.9 Å². The molecule has 4 rings (SSSR count). The molecule has 0 bridgehead atoms. The Morgan fingerprint density at radius 3 is 2.92 bits per heavy atom. The standard InChI is InChI=1S/C19H19ClN4OS/c1-11-9-21-24(10-13-6-7-13)17(11)23-18(25)16-12(2)22-19(26-16)14-4-3-5-15(20)8-14/h3-5,8-9,13H,6-7,10H2,1-2H3,(H,23,25). The van der Waals surface area contributed by atoms with Gasteiger partial charge >= 0.3 is 0 Å². The first kappa shape index (κ1) is 17.2. The number of hydrogen-bond acceptors (Lipinski definition) is 4. The van der Waals surface area contributed by atoms with Crippen LogP contribution in [0.25, 0.3) is 10.6 Å². The fourth-order valence-corrected chi connectivity index (χ4v) is 3.99. The van der Waals surface area contributed by atoms with Crippen LogP contribution in [0.4, 0.5) is 5.82 Å². The summed E-state index contributed by atoms with van der Waals surface area (Å²) >= 11 is 7.45. The molecule has 0 saturated heterocycles. The monoisotopic (exact) mass is 386 g/mol. The lowest BCUT2D eigenvalue weighted by atomic mass is 10.2. The summed E-state index contributed by atoms with van der Waals surface area (Å²) in [7, 11) is 0. The van der Waals surface area contributed by atoms with Crippen molar-refractivity contribution >= 4 is 34.7 Å². The molecule has 0 radical (unpaired) electrons. The van der Waals surface area contributed by atoms with Crippen LogP contribution < -0.4 is 5.32 Å². The molecule has 3 aromatic rings. The van der Waals surface area contributed by atoms with Crippen molar-refractivity contribution in [1.82, 2.24) is 14.8 Å². The maximum Gasteiger partial charge on any atom is 0.268 e. The normalized spacial score (nSPS) is 13.8. The second kappa shape index (κ2) is 6.85. The maximum atomic E-state index is 12.8. The van der Waals surface area contributed by atoms with Crippen LogP contribution in [0, 0.1) is 19.8 Å². The first-order valence-corrected chi connectivity index (χ1v) is 9.78. The van der Waals surface area contributed by atoms with Crippen molar-refractivity contribution in [1.29, 1.82) is 0 Å². The van der Waals surface area contributed by atoms with Gasteiger partial charge in [-0.2, -0.15) is 5.10 Å². The maximum absolute atomic E-state index is 12.8. The van der Waals surface area contributed by atoms with Crippen LogP contribution in [0.5, 0.6) is 0 Å². The summed E-state index contributed by atoms with van der Waals surface area (Å²) in [6.45, 7) is 4.68. The Bertz CT molecular complexity index is 974. The highest BCUT2D eigenvalue weighted by molar-refractivity contribution is 7.17. The van der Waals surface area contributed by atoms with Gasteiger partial charge < -0.3 is 5.32 Å². The third-order valence-electron chi connectivity index (χ3n) is 4.46. The highest BCUT2D eigenvalue weighted by Crippen LogP contribution is 2.33. The predicted octanol–water partition coefficient (Wildman–Crippen LogP) is 4.94. The van der Waals surface area contributed by atoms with E-state index in [0.29, 0.717) is 21.5 Å². The second-order valence-electron chi connectivity index (χ2n) is 6.70. The summed E-state index contributed by atoms with van der Waals surface area (Å²) in [4.78, 5) is 18.0. The largest absolute Gasteiger partial charge is 0.306 e. The number of rotatable bonds is 5. The van der Waals surface area contributed by atoms with Crippen molar-refractivity contribution in [2.75, 3.05) is 5.32 Å². The van der Waals surface area contributed by atoms with Crippen molar-refractivity contribution in [3.63, 3.8) is 0 Å². The van der Waals surface area contributed by atoms with Crippen LogP contribution in [-0.2, 0) is 6.54 Å². The molecule has 2 aromatic heterocycles.